The van der Waals surface area contributed by atoms with Crippen LogP contribution in [0.1, 0.15) is 32.1 Å². The Morgan fingerprint density at radius 3 is 3.07 bits per heavy atom. The van der Waals surface area contributed by atoms with Gasteiger partial charge in [0.1, 0.15) is 6.42 Å². The van der Waals surface area contributed by atoms with E-state index in [4.69, 9.17) is 5.11 Å². The fourth-order valence-electron chi connectivity index (χ4n) is 1.87. The SMILES string of the molecule is CC1CC(C)n2nc(CC(=O)O)nc2N1. The minimum absolute atomic E-state index is 0.122. The largest absolute Gasteiger partial charge is 0.481 e. The van der Waals surface area contributed by atoms with Gasteiger partial charge in [-0.25, -0.2) is 4.68 Å². The van der Waals surface area contributed by atoms with Crippen molar-refractivity contribution in [3.05, 3.63) is 5.82 Å². The lowest BCUT2D eigenvalue weighted by Crippen LogP contribution is -2.29. The number of anilines is 1. The van der Waals surface area contributed by atoms with Crippen molar-refractivity contribution in [2.45, 2.75) is 38.8 Å². The number of carboxylic acid groups (broad SMARTS) is 1. The maximum absolute atomic E-state index is 10.5. The Bertz CT molecular complexity index is 387. The minimum atomic E-state index is -0.904. The van der Waals surface area contributed by atoms with Crippen LogP contribution in [0.4, 0.5) is 5.95 Å². The van der Waals surface area contributed by atoms with Gasteiger partial charge in [-0.2, -0.15) is 10.1 Å². The van der Waals surface area contributed by atoms with Crippen LogP contribution in [-0.2, 0) is 11.2 Å². The van der Waals surface area contributed by atoms with E-state index in [1.807, 2.05) is 0 Å². The molecule has 6 nitrogen and oxygen atoms in total. The van der Waals surface area contributed by atoms with Gasteiger partial charge in [-0.15, -0.1) is 0 Å². The van der Waals surface area contributed by atoms with Gasteiger partial charge in [-0.05, 0) is 20.3 Å². The lowest BCUT2D eigenvalue weighted by atomic mass is 10.1. The standard InChI is InChI=1S/C9H14N4O2/c1-5-3-6(2)13-9(10-5)11-7(12-13)4-8(14)15/h5-6H,3-4H2,1-2H3,(H,14,15)(H,10,11,12). The number of fused-ring (bicyclic) bond motifs is 1. The fraction of sp³-hybridized carbons (Fsp3) is 0.667. The topological polar surface area (TPSA) is 80.0 Å². The molecular formula is C9H14N4O2. The molecule has 6 heteroatoms. The normalized spacial score (nSPS) is 24.4. The summed E-state index contributed by atoms with van der Waals surface area (Å²) in [5.41, 5.74) is 0. The Kier molecular flexibility index (Phi) is 2.34. The predicted molar refractivity (Wildman–Crippen MR) is 53.8 cm³/mol. The van der Waals surface area contributed by atoms with E-state index in [0.29, 0.717) is 17.8 Å². The molecule has 0 amide bonds. The lowest BCUT2D eigenvalue weighted by Gasteiger charge is -2.26. The molecule has 2 atom stereocenters. The van der Waals surface area contributed by atoms with E-state index in [1.54, 1.807) is 4.68 Å². The van der Waals surface area contributed by atoms with E-state index in [2.05, 4.69) is 29.2 Å². The van der Waals surface area contributed by atoms with Crippen molar-refractivity contribution in [2.24, 2.45) is 0 Å². The van der Waals surface area contributed by atoms with E-state index in [1.165, 1.54) is 0 Å². The molecule has 2 unspecified atom stereocenters. The summed E-state index contributed by atoms with van der Waals surface area (Å²) in [6, 6.07) is 0.626. The Labute approximate surface area is 87.3 Å². The van der Waals surface area contributed by atoms with Crippen LogP contribution >= 0.6 is 0 Å². The van der Waals surface area contributed by atoms with Gasteiger partial charge < -0.3 is 10.4 Å². The summed E-state index contributed by atoms with van der Waals surface area (Å²) in [7, 11) is 0. The van der Waals surface area contributed by atoms with Crippen molar-refractivity contribution in [3.63, 3.8) is 0 Å². The first-order chi connectivity index (χ1) is 7.06. The molecule has 0 spiro atoms. The number of nitrogens with one attached hydrogen (secondary N) is 1. The van der Waals surface area contributed by atoms with Crippen LogP contribution in [0.2, 0.25) is 0 Å². The number of rotatable bonds is 2. The Hall–Kier alpha value is -1.59. The first-order valence-electron chi connectivity index (χ1n) is 5.00. The molecule has 15 heavy (non-hydrogen) atoms. The number of aliphatic carboxylic acids is 1. The van der Waals surface area contributed by atoms with Gasteiger partial charge in [0.25, 0.3) is 0 Å². The Morgan fingerprint density at radius 2 is 2.40 bits per heavy atom. The molecule has 1 aromatic heterocycles. The van der Waals surface area contributed by atoms with Gasteiger partial charge in [0.15, 0.2) is 5.82 Å². The number of hydrogen-bond acceptors (Lipinski definition) is 4. The van der Waals surface area contributed by atoms with Crippen LogP contribution < -0.4 is 5.32 Å². The second-order valence-corrected chi connectivity index (χ2v) is 4.00. The zero-order valence-electron chi connectivity index (χ0n) is 8.77. The minimum Gasteiger partial charge on any atom is -0.481 e. The monoisotopic (exact) mass is 210 g/mol. The highest BCUT2D eigenvalue weighted by molar-refractivity contribution is 5.69. The summed E-state index contributed by atoms with van der Waals surface area (Å²) in [6.07, 6.45) is 0.853. The third-order valence-electron chi connectivity index (χ3n) is 2.47. The lowest BCUT2D eigenvalue weighted by molar-refractivity contribution is -0.136. The van der Waals surface area contributed by atoms with Gasteiger partial charge in [0, 0.05) is 6.04 Å². The van der Waals surface area contributed by atoms with E-state index in [0.717, 1.165) is 6.42 Å². The van der Waals surface area contributed by atoms with Crippen molar-refractivity contribution in [1.29, 1.82) is 0 Å². The number of carbonyl (C=O) groups is 1. The molecular weight excluding hydrogens is 196 g/mol. The fourth-order valence-corrected chi connectivity index (χ4v) is 1.87. The maximum Gasteiger partial charge on any atom is 0.311 e. The Balaban J connectivity index is 2.26. The molecule has 0 radical (unpaired) electrons. The molecule has 0 fully saturated rings. The second kappa shape index (κ2) is 3.52. The van der Waals surface area contributed by atoms with Gasteiger partial charge in [0.05, 0.1) is 6.04 Å². The van der Waals surface area contributed by atoms with E-state index in [-0.39, 0.29) is 12.5 Å². The van der Waals surface area contributed by atoms with Crippen molar-refractivity contribution >= 4 is 11.9 Å². The first-order valence-corrected chi connectivity index (χ1v) is 5.00. The van der Waals surface area contributed by atoms with E-state index in [9.17, 15) is 4.79 Å². The molecule has 0 bridgehead atoms. The highest BCUT2D eigenvalue weighted by Crippen LogP contribution is 2.24. The first kappa shape index (κ1) is 9.95. The van der Waals surface area contributed by atoms with Crippen LogP contribution in [0.5, 0.6) is 0 Å². The third kappa shape index (κ3) is 1.93. The molecule has 82 valence electrons. The predicted octanol–water partition coefficient (Wildman–Crippen LogP) is 0.670. The molecule has 0 aliphatic carbocycles. The highest BCUT2D eigenvalue weighted by Gasteiger charge is 2.24. The second-order valence-electron chi connectivity index (χ2n) is 4.00. The molecule has 0 saturated heterocycles. The molecule has 2 N–H and O–H groups in total. The maximum atomic E-state index is 10.5. The average molecular weight is 210 g/mol. The molecule has 2 heterocycles. The van der Waals surface area contributed by atoms with Gasteiger partial charge in [0.2, 0.25) is 5.95 Å². The van der Waals surface area contributed by atoms with E-state index < -0.39 is 5.97 Å². The van der Waals surface area contributed by atoms with Crippen LogP contribution in [0.15, 0.2) is 0 Å². The molecule has 1 aliphatic rings. The molecule has 1 aliphatic heterocycles. The average Bonchev–Trinajstić information content (AvgIpc) is 2.45. The molecule has 0 aromatic carbocycles. The quantitative estimate of drug-likeness (QED) is 0.750. The van der Waals surface area contributed by atoms with Crippen molar-refractivity contribution in [2.75, 3.05) is 5.32 Å². The summed E-state index contributed by atoms with van der Waals surface area (Å²) >= 11 is 0. The zero-order chi connectivity index (χ0) is 11.0. The molecule has 2 rings (SSSR count). The van der Waals surface area contributed by atoms with Crippen LogP contribution in [0.25, 0.3) is 0 Å². The van der Waals surface area contributed by atoms with Crippen molar-refractivity contribution in [1.82, 2.24) is 14.8 Å². The summed E-state index contributed by atoms with van der Waals surface area (Å²) in [6.45, 7) is 4.13. The molecule has 1 aromatic rings. The highest BCUT2D eigenvalue weighted by atomic mass is 16.4. The number of aromatic nitrogens is 3. The van der Waals surface area contributed by atoms with Crippen LogP contribution in [0, 0.1) is 0 Å². The smallest absolute Gasteiger partial charge is 0.311 e. The van der Waals surface area contributed by atoms with Crippen molar-refractivity contribution in [3.8, 4) is 0 Å². The van der Waals surface area contributed by atoms with Crippen molar-refractivity contribution < 1.29 is 9.90 Å². The Morgan fingerprint density at radius 1 is 1.67 bits per heavy atom. The summed E-state index contributed by atoms with van der Waals surface area (Å²) in [4.78, 5) is 14.7. The van der Waals surface area contributed by atoms with Gasteiger partial charge in [-0.1, -0.05) is 0 Å². The van der Waals surface area contributed by atoms with Crippen LogP contribution in [0.3, 0.4) is 0 Å². The number of carboxylic acids is 1. The number of nitrogens with zero attached hydrogens (tertiary/aromatic N) is 3. The van der Waals surface area contributed by atoms with E-state index >= 15 is 0 Å². The third-order valence-corrected chi connectivity index (χ3v) is 2.47. The van der Waals surface area contributed by atoms with Gasteiger partial charge >= 0.3 is 5.97 Å². The molecule has 0 saturated carbocycles. The summed E-state index contributed by atoms with van der Waals surface area (Å²) < 4.78 is 1.76. The number of hydrogen-bond donors (Lipinski definition) is 2. The summed E-state index contributed by atoms with van der Waals surface area (Å²) in [5, 5.41) is 16.0. The van der Waals surface area contributed by atoms with Crippen LogP contribution in [-0.4, -0.2) is 31.9 Å². The summed E-state index contributed by atoms with van der Waals surface area (Å²) in [5.74, 6) is 0.141. The van der Waals surface area contributed by atoms with Gasteiger partial charge in [-0.3, -0.25) is 4.79 Å². The zero-order valence-corrected chi connectivity index (χ0v) is 8.77.